The fraction of sp³-hybridized carbons (Fsp3) is 1.00. The van der Waals surface area contributed by atoms with E-state index in [1.165, 1.54) is 0 Å². The maximum atomic E-state index is 5.73. The van der Waals surface area contributed by atoms with E-state index in [2.05, 4.69) is 0 Å². The average Bonchev–Trinajstić information content (AvgIpc) is 2.84. The van der Waals surface area contributed by atoms with E-state index in [0.717, 1.165) is 0 Å². The van der Waals surface area contributed by atoms with Crippen LogP contribution in [-0.4, -0.2) is 120 Å². The van der Waals surface area contributed by atoms with E-state index in [9.17, 15) is 0 Å². The third-order valence-electron chi connectivity index (χ3n) is 4.36. The molecule has 2 aliphatic heterocycles. The van der Waals surface area contributed by atoms with Crippen LogP contribution in [0.5, 0.6) is 0 Å². The van der Waals surface area contributed by atoms with Crippen molar-refractivity contribution in [1.29, 1.82) is 0 Å². The van der Waals surface area contributed by atoms with E-state index in [4.69, 9.17) is 55.6 Å². The van der Waals surface area contributed by atoms with Gasteiger partial charge < -0.3 is 55.6 Å². The smallest absolute Gasteiger partial charge is 0.332 e. The molecule has 12 nitrogen and oxygen atoms in total. The zero-order valence-electron chi connectivity index (χ0n) is 19.6. The van der Waals surface area contributed by atoms with Gasteiger partial charge in [0.25, 0.3) is 0 Å². The van der Waals surface area contributed by atoms with Crippen molar-refractivity contribution < 1.29 is 55.6 Å². The van der Waals surface area contributed by atoms with Gasteiger partial charge in [-0.15, -0.1) is 0 Å². The third-order valence-corrected chi connectivity index (χ3v) is 6.51. The molecule has 33 heavy (non-hydrogen) atoms. The van der Waals surface area contributed by atoms with Crippen LogP contribution in [0.2, 0.25) is 0 Å². The molecule has 0 amide bonds. The van der Waals surface area contributed by atoms with Crippen molar-refractivity contribution in [2.75, 3.05) is 120 Å². The summed E-state index contributed by atoms with van der Waals surface area (Å²) in [4.78, 5) is 0. The monoisotopic (exact) mass is 520 g/mol. The molecule has 0 aliphatic carbocycles. The van der Waals surface area contributed by atoms with Crippen molar-refractivity contribution in [2.24, 2.45) is 5.41 Å². The van der Waals surface area contributed by atoms with Crippen LogP contribution in [0.25, 0.3) is 0 Å². The van der Waals surface area contributed by atoms with Crippen LogP contribution in [0, 0.1) is 5.41 Å². The number of methoxy groups -OCH3 is 2. The minimum absolute atomic E-state index is 0.337. The zero-order chi connectivity index (χ0) is 23.5. The topological polar surface area (TPSA) is 111 Å². The third kappa shape index (κ3) is 13.9. The largest absolute Gasteiger partial charge is 0.382 e. The second-order valence-electron chi connectivity index (χ2n) is 7.14. The maximum Gasteiger partial charge on any atom is 0.332 e. The lowest BCUT2D eigenvalue weighted by Gasteiger charge is -2.41. The van der Waals surface area contributed by atoms with Crippen molar-refractivity contribution in [2.45, 2.75) is 0 Å². The minimum Gasteiger partial charge on any atom is -0.382 e. The summed E-state index contributed by atoms with van der Waals surface area (Å²) >= 11 is 0. The summed E-state index contributed by atoms with van der Waals surface area (Å²) in [5.74, 6) is 0. The van der Waals surface area contributed by atoms with E-state index in [-0.39, 0.29) is 5.41 Å². The SMILES string of the molecule is COCCOCCOCCOP1OCC2(CO1)COP(OCCOCCOCCOC)OC2. The molecule has 0 aromatic heterocycles. The highest BCUT2D eigenvalue weighted by Crippen LogP contribution is 2.52. The summed E-state index contributed by atoms with van der Waals surface area (Å²) in [6.45, 7) is 7.81. The highest BCUT2D eigenvalue weighted by molar-refractivity contribution is 7.42. The Kier molecular flexibility index (Phi) is 17.5. The van der Waals surface area contributed by atoms with Crippen molar-refractivity contribution in [3.8, 4) is 0 Å². The molecule has 2 saturated heterocycles. The highest BCUT2D eigenvalue weighted by Gasteiger charge is 2.43. The molecule has 2 heterocycles. The summed E-state index contributed by atoms with van der Waals surface area (Å²) in [6, 6.07) is 0. The molecule has 1 spiro atoms. The van der Waals surface area contributed by atoms with Crippen LogP contribution < -0.4 is 0 Å². The van der Waals surface area contributed by atoms with E-state index < -0.39 is 17.2 Å². The van der Waals surface area contributed by atoms with Gasteiger partial charge >= 0.3 is 17.2 Å². The normalized spacial score (nSPS) is 25.6. The van der Waals surface area contributed by atoms with Gasteiger partial charge in [0.15, 0.2) is 0 Å². The first-order chi connectivity index (χ1) is 16.3. The predicted octanol–water partition coefficient (Wildman–Crippen LogP) is 1.91. The van der Waals surface area contributed by atoms with E-state index in [1.54, 1.807) is 14.2 Å². The fourth-order valence-electron chi connectivity index (χ4n) is 2.50. The van der Waals surface area contributed by atoms with Gasteiger partial charge in [0, 0.05) is 14.2 Å². The van der Waals surface area contributed by atoms with Gasteiger partial charge in [-0.05, 0) is 0 Å². The summed E-state index contributed by atoms with van der Waals surface area (Å²) in [5.41, 5.74) is -0.337. The molecule has 0 atom stereocenters. The van der Waals surface area contributed by atoms with Gasteiger partial charge in [-0.25, -0.2) is 0 Å². The lowest BCUT2D eigenvalue weighted by atomic mass is 9.93. The highest BCUT2D eigenvalue weighted by atomic mass is 31.2. The molecular weight excluding hydrogens is 482 g/mol. The van der Waals surface area contributed by atoms with Crippen LogP contribution in [0.1, 0.15) is 0 Å². The summed E-state index contributed by atoms with van der Waals surface area (Å²) in [5, 5.41) is 0. The van der Waals surface area contributed by atoms with Gasteiger partial charge in [-0.1, -0.05) is 0 Å². The second kappa shape index (κ2) is 19.6. The molecule has 0 unspecified atom stereocenters. The van der Waals surface area contributed by atoms with Gasteiger partial charge in [-0.2, -0.15) is 0 Å². The minimum atomic E-state index is -1.39. The van der Waals surface area contributed by atoms with Crippen LogP contribution in [0.4, 0.5) is 0 Å². The van der Waals surface area contributed by atoms with Crippen LogP contribution >= 0.6 is 17.2 Å². The Morgan fingerprint density at radius 2 is 0.788 bits per heavy atom. The molecule has 2 aliphatic rings. The van der Waals surface area contributed by atoms with E-state index in [0.29, 0.717) is 106 Å². The first kappa shape index (κ1) is 29.6. The molecule has 0 saturated carbocycles. The predicted molar refractivity (Wildman–Crippen MR) is 119 cm³/mol. The standard InChI is InChI=1S/C19H38O12P2/c1-20-3-5-22-7-9-24-11-13-26-32-28-15-19(16-29-32)17-30-33(31-18-19)27-14-12-25-10-8-23-6-4-21-2/h3-18H2,1-2H3. The lowest BCUT2D eigenvalue weighted by Crippen LogP contribution is -2.44. The Labute approximate surface area is 198 Å². The van der Waals surface area contributed by atoms with Crippen LogP contribution in [0.15, 0.2) is 0 Å². The molecule has 14 heteroatoms. The van der Waals surface area contributed by atoms with E-state index >= 15 is 0 Å². The molecule has 0 aromatic rings. The summed E-state index contributed by atoms with van der Waals surface area (Å²) in [6.07, 6.45) is 0. The van der Waals surface area contributed by atoms with E-state index in [1.807, 2.05) is 0 Å². The zero-order valence-corrected chi connectivity index (χ0v) is 21.4. The van der Waals surface area contributed by atoms with Gasteiger partial charge in [0.05, 0.1) is 111 Å². The number of hydrogen-bond donors (Lipinski definition) is 0. The Morgan fingerprint density at radius 1 is 0.485 bits per heavy atom. The quantitative estimate of drug-likeness (QED) is 0.173. The molecular formula is C19H38O12P2. The van der Waals surface area contributed by atoms with Crippen LogP contribution in [-0.2, 0) is 55.6 Å². The molecule has 0 aromatic carbocycles. The first-order valence-electron chi connectivity index (χ1n) is 10.9. The molecule has 2 fully saturated rings. The van der Waals surface area contributed by atoms with Crippen molar-refractivity contribution >= 4 is 17.2 Å². The number of ether oxygens (including phenoxy) is 6. The van der Waals surface area contributed by atoms with Gasteiger partial charge in [0.2, 0.25) is 0 Å². The Hall–Kier alpha value is 0.380. The lowest BCUT2D eigenvalue weighted by molar-refractivity contribution is -0.0788. The second-order valence-corrected chi connectivity index (χ2v) is 9.59. The van der Waals surface area contributed by atoms with Crippen molar-refractivity contribution in [3.05, 3.63) is 0 Å². The van der Waals surface area contributed by atoms with Crippen LogP contribution in [0.3, 0.4) is 0 Å². The van der Waals surface area contributed by atoms with Gasteiger partial charge in [0.1, 0.15) is 0 Å². The molecule has 0 radical (unpaired) electrons. The maximum absolute atomic E-state index is 5.73. The summed E-state index contributed by atoms with van der Waals surface area (Å²) < 4.78 is 65.4. The Morgan fingerprint density at radius 3 is 1.12 bits per heavy atom. The van der Waals surface area contributed by atoms with Crippen molar-refractivity contribution in [1.82, 2.24) is 0 Å². The first-order valence-corrected chi connectivity index (χ1v) is 13.1. The van der Waals surface area contributed by atoms with Gasteiger partial charge in [-0.3, -0.25) is 0 Å². The average molecular weight is 520 g/mol. The Bertz CT molecular complexity index is 405. The summed E-state index contributed by atoms with van der Waals surface area (Å²) in [7, 11) is 0.507. The molecule has 0 bridgehead atoms. The van der Waals surface area contributed by atoms with Crippen molar-refractivity contribution in [3.63, 3.8) is 0 Å². The fourth-order valence-corrected chi connectivity index (χ4v) is 4.91. The molecule has 196 valence electrons. The number of rotatable bonds is 20. The molecule has 2 rings (SSSR count). The Balaban J connectivity index is 1.41. The molecule has 0 N–H and O–H groups in total. The number of hydrogen-bond acceptors (Lipinski definition) is 12.